The van der Waals surface area contributed by atoms with Crippen molar-refractivity contribution >= 4 is 32.7 Å². The zero-order chi connectivity index (χ0) is 20.3. The molecule has 0 bridgehead atoms. The highest BCUT2D eigenvalue weighted by atomic mass is 32.2. The summed E-state index contributed by atoms with van der Waals surface area (Å²) in [6.45, 7) is 0.424. The van der Waals surface area contributed by atoms with Gasteiger partial charge in [0.05, 0.1) is 23.3 Å². The molecule has 2 aromatic carbocycles. The summed E-state index contributed by atoms with van der Waals surface area (Å²) in [7, 11) is -3.71. The summed E-state index contributed by atoms with van der Waals surface area (Å²) < 4.78 is 33.7. The second kappa shape index (κ2) is 8.24. The molecule has 2 N–H and O–H groups in total. The minimum atomic E-state index is -3.71. The molecule has 2 heterocycles. The second-order valence-corrected chi connectivity index (χ2v) is 8.71. The molecule has 7 nitrogen and oxygen atoms in total. The standard InChI is InChI=1S/C20H17N3O4S2/c21-29(24,25)15-9-7-14(8-10-15)26-12-13-28-20-16-4-1-2-5-17(16)22-19(23-20)18-6-3-11-27-18/h1-11H,12-13H2,(H2,21,24,25). The molecule has 0 aliphatic heterocycles. The Bertz CT molecular complexity index is 1220. The highest BCUT2D eigenvalue weighted by molar-refractivity contribution is 7.99. The molecule has 29 heavy (non-hydrogen) atoms. The van der Waals surface area contributed by atoms with Crippen LogP contribution in [-0.4, -0.2) is 30.7 Å². The van der Waals surface area contributed by atoms with E-state index in [0.29, 0.717) is 29.7 Å². The fraction of sp³-hybridized carbons (Fsp3) is 0.100. The van der Waals surface area contributed by atoms with Gasteiger partial charge in [0.2, 0.25) is 10.0 Å². The van der Waals surface area contributed by atoms with Gasteiger partial charge < -0.3 is 9.15 Å². The van der Waals surface area contributed by atoms with Crippen LogP contribution in [0.4, 0.5) is 0 Å². The van der Waals surface area contributed by atoms with E-state index in [-0.39, 0.29) is 4.90 Å². The summed E-state index contributed by atoms with van der Waals surface area (Å²) in [6.07, 6.45) is 1.59. The third kappa shape index (κ3) is 4.58. The van der Waals surface area contributed by atoms with E-state index in [4.69, 9.17) is 14.3 Å². The van der Waals surface area contributed by atoms with E-state index in [1.807, 2.05) is 30.3 Å². The van der Waals surface area contributed by atoms with Gasteiger partial charge in [-0.15, -0.1) is 11.8 Å². The predicted molar refractivity (Wildman–Crippen MR) is 111 cm³/mol. The summed E-state index contributed by atoms with van der Waals surface area (Å²) in [5.74, 6) is 2.37. The molecule has 0 unspecified atom stereocenters. The molecular weight excluding hydrogens is 410 g/mol. The van der Waals surface area contributed by atoms with Gasteiger partial charge in [0.25, 0.3) is 0 Å². The minimum absolute atomic E-state index is 0.0529. The first-order chi connectivity index (χ1) is 14.0. The number of thioether (sulfide) groups is 1. The number of primary sulfonamides is 1. The molecule has 4 aromatic rings. The fourth-order valence-corrected chi connectivity index (χ4v) is 4.05. The number of furan rings is 1. The molecule has 9 heteroatoms. The quantitative estimate of drug-likeness (QED) is 0.272. The predicted octanol–water partition coefficient (Wildman–Crippen LogP) is 3.71. The van der Waals surface area contributed by atoms with Crippen LogP contribution < -0.4 is 9.88 Å². The lowest BCUT2D eigenvalue weighted by atomic mass is 10.2. The Morgan fingerprint density at radius 2 is 1.79 bits per heavy atom. The molecule has 148 valence electrons. The molecule has 0 aliphatic rings. The van der Waals surface area contributed by atoms with Crippen LogP contribution in [0.5, 0.6) is 5.75 Å². The van der Waals surface area contributed by atoms with E-state index in [2.05, 4.69) is 9.97 Å². The molecule has 0 spiro atoms. The van der Waals surface area contributed by atoms with Gasteiger partial charge in [0.1, 0.15) is 10.8 Å². The highest BCUT2D eigenvalue weighted by Crippen LogP contribution is 2.28. The van der Waals surface area contributed by atoms with Crippen LogP contribution in [0.1, 0.15) is 0 Å². The largest absolute Gasteiger partial charge is 0.493 e. The van der Waals surface area contributed by atoms with Crippen molar-refractivity contribution in [1.29, 1.82) is 0 Å². The Morgan fingerprint density at radius 1 is 1.00 bits per heavy atom. The molecule has 4 rings (SSSR count). The molecule has 0 radical (unpaired) electrons. The minimum Gasteiger partial charge on any atom is -0.493 e. The van der Waals surface area contributed by atoms with Crippen molar-refractivity contribution in [2.75, 3.05) is 12.4 Å². The second-order valence-electron chi connectivity index (χ2n) is 6.06. The Hall–Kier alpha value is -2.88. The van der Waals surface area contributed by atoms with Crippen molar-refractivity contribution in [2.24, 2.45) is 5.14 Å². The van der Waals surface area contributed by atoms with E-state index in [0.717, 1.165) is 15.9 Å². The number of nitrogens with two attached hydrogens (primary N) is 1. The van der Waals surface area contributed by atoms with Crippen LogP contribution in [0, 0.1) is 0 Å². The van der Waals surface area contributed by atoms with Gasteiger partial charge in [-0.2, -0.15) is 0 Å². The van der Waals surface area contributed by atoms with Gasteiger partial charge in [0, 0.05) is 11.1 Å². The zero-order valence-corrected chi connectivity index (χ0v) is 16.8. The normalized spacial score (nSPS) is 11.6. The van der Waals surface area contributed by atoms with Crippen LogP contribution in [0.25, 0.3) is 22.5 Å². The molecule has 0 saturated heterocycles. The van der Waals surface area contributed by atoms with Gasteiger partial charge >= 0.3 is 0 Å². The van der Waals surface area contributed by atoms with Crippen LogP contribution >= 0.6 is 11.8 Å². The molecule has 0 saturated carbocycles. The third-order valence-electron chi connectivity index (χ3n) is 4.05. The lowest BCUT2D eigenvalue weighted by Gasteiger charge is -2.09. The lowest BCUT2D eigenvalue weighted by Crippen LogP contribution is -2.11. The summed E-state index contributed by atoms with van der Waals surface area (Å²) in [6, 6.07) is 17.4. The average molecular weight is 428 g/mol. The average Bonchev–Trinajstić information content (AvgIpc) is 3.25. The number of hydrogen-bond donors (Lipinski definition) is 1. The SMILES string of the molecule is NS(=O)(=O)c1ccc(OCCSc2nc(-c3ccco3)nc3ccccc23)cc1. The van der Waals surface area contributed by atoms with Crippen molar-refractivity contribution in [3.05, 3.63) is 66.9 Å². The van der Waals surface area contributed by atoms with Crippen LogP contribution in [0.15, 0.2) is 81.3 Å². The molecule has 0 fully saturated rings. The highest BCUT2D eigenvalue weighted by Gasteiger charge is 2.12. The first-order valence-corrected chi connectivity index (χ1v) is 11.2. The molecule has 2 aromatic heterocycles. The van der Waals surface area contributed by atoms with E-state index in [1.54, 1.807) is 36.2 Å². The summed E-state index contributed by atoms with van der Waals surface area (Å²) in [4.78, 5) is 9.27. The number of hydrogen-bond acceptors (Lipinski definition) is 7. The number of benzene rings is 2. The number of para-hydroxylation sites is 1. The van der Waals surface area contributed by atoms with Crippen LogP contribution in [0.3, 0.4) is 0 Å². The van der Waals surface area contributed by atoms with E-state index >= 15 is 0 Å². The Kier molecular flexibility index (Phi) is 5.52. The van der Waals surface area contributed by atoms with E-state index in [1.165, 1.54) is 12.1 Å². The Morgan fingerprint density at radius 3 is 2.52 bits per heavy atom. The summed E-state index contributed by atoms with van der Waals surface area (Å²) in [5, 5.41) is 6.90. The third-order valence-corrected chi connectivity index (χ3v) is 5.94. The Labute approximate surface area is 172 Å². The van der Waals surface area contributed by atoms with Crippen molar-refractivity contribution in [3.8, 4) is 17.3 Å². The smallest absolute Gasteiger partial charge is 0.238 e. The summed E-state index contributed by atoms with van der Waals surface area (Å²) in [5.41, 5.74) is 0.843. The number of rotatable bonds is 7. The maximum Gasteiger partial charge on any atom is 0.238 e. The Balaban J connectivity index is 1.45. The summed E-state index contributed by atoms with van der Waals surface area (Å²) >= 11 is 1.55. The molecule has 0 amide bonds. The van der Waals surface area contributed by atoms with Crippen molar-refractivity contribution < 1.29 is 17.6 Å². The maximum atomic E-state index is 11.3. The molecular formula is C20H17N3O4S2. The van der Waals surface area contributed by atoms with Gasteiger partial charge in [-0.1, -0.05) is 18.2 Å². The van der Waals surface area contributed by atoms with Crippen molar-refractivity contribution in [1.82, 2.24) is 9.97 Å². The van der Waals surface area contributed by atoms with Crippen molar-refractivity contribution in [3.63, 3.8) is 0 Å². The van der Waals surface area contributed by atoms with Gasteiger partial charge in [-0.3, -0.25) is 0 Å². The lowest BCUT2D eigenvalue weighted by molar-refractivity contribution is 0.343. The molecule has 0 aliphatic carbocycles. The first kappa shape index (κ1) is 19.4. The number of aromatic nitrogens is 2. The zero-order valence-electron chi connectivity index (χ0n) is 15.2. The van der Waals surface area contributed by atoms with Crippen LogP contribution in [0.2, 0.25) is 0 Å². The maximum absolute atomic E-state index is 11.3. The first-order valence-electron chi connectivity index (χ1n) is 8.70. The van der Waals surface area contributed by atoms with E-state index in [9.17, 15) is 8.42 Å². The molecule has 0 atom stereocenters. The topological polar surface area (TPSA) is 108 Å². The van der Waals surface area contributed by atoms with E-state index < -0.39 is 10.0 Å². The van der Waals surface area contributed by atoms with Gasteiger partial charge in [-0.25, -0.2) is 23.5 Å². The number of nitrogens with zero attached hydrogens (tertiary/aromatic N) is 2. The monoisotopic (exact) mass is 427 g/mol. The number of ether oxygens (including phenoxy) is 1. The van der Waals surface area contributed by atoms with Gasteiger partial charge in [-0.05, 0) is 42.5 Å². The number of fused-ring (bicyclic) bond motifs is 1. The van der Waals surface area contributed by atoms with Crippen LogP contribution in [-0.2, 0) is 10.0 Å². The van der Waals surface area contributed by atoms with Gasteiger partial charge in [0.15, 0.2) is 11.6 Å². The number of sulfonamides is 1. The fourth-order valence-electron chi connectivity index (χ4n) is 2.70. The van der Waals surface area contributed by atoms with Crippen molar-refractivity contribution in [2.45, 2.75) is 9.92 Å².